The molecule has 3 nitrogen and oxygen atoms in total. The van der Waals surface area contributed by atoms with Crippen molar-refractivity contribution in [3.05, 3.63) is 65.2 Å². The van der Waals surface area contributed by atoms with Crippen LogP contribution >= 0.6 is 0 Å². The summed E-state index contributed by atoms with van der Waals surface area (Å²) < 4.78 is 0. The summed E-state index contributed by atoms with van der Waals surface area (Å²) in [5, 5.41) is 0. The number of carbonyl (C=O) groups excluding carboxylic acids is 1. The minimum Gasteiger partial charge on any atom is -0.309 e. The van der Waals surface area contributed by atoms with Crippen molar-refractivity contribution >= 4 is 17.8 Å². The minimum atomic E-state index is 0.0888. The van der Waals surface area contributed by atoms with E-state index in [0.717, 1.165) is 17.8 Å². The predicted molar refractivity (Wildman–Crippen MR) is 79.5 cm³/mol. The van der Waals surface area contributed by atoms with Gasteiger partial charge in [-0.05, 0) is 11.1 Å². The van der Waals surface area contributed by atoms with Crippen LogP contribution in [0.25, 0.3) is 0 Å². The highest BCUT2D eigenvalue weighted by molar-refractivity contribution is 6.06. The Labute approximate surface area is 117 Å². The van der Waals surface area contributed by atoms with E-state index in [4.69, 9.17) is 0 Å². The Balaban J connectivity index is 1.90. The SMILES string of the molecule is O=C1CN=Cc2cccc3c2N1CC3c1ccccc1. The third-order valence-corrected chi connectivity index (χ3v) is 4.07. The maximum absolute atomic E-state index is 12.2. The quantitative estimate of drug-likeness (QED) is 0.777. The molecule has 2 aliphatic heterocycles. The van der Waals surface area contributed by atoms with Gasteiger partial charge in [0.15, 0.2) is 0 Å². The zero-order chi connectivity index (χ0) is 13.5. The van der Waals surface area contributed by atoms with Crippen LogP contribution in [-0.2, 0) is 4.79 Å². The normalized spacial score (nSPS) is 19.9. The Morgan fingerprint density at radius 2 is 1.90 bits per heavy atom. The van der Waals surface area contributed by atoms with Crippen LogP contribution in [0, 0.1) is 0 Å². The van der Waals surface area contributed by atoms with Crippen LogP contribution in [0.15, 0.2) is 53.5 Å². The first kappa shape index (κ1) is 11.4. The van der Waals surface area contributed by atoms with Crippen LogP contribution < -0.4 is 4.90 Å². The Kier molecular flexibility index (Phi) is 2.46. The van der Waals surface area contributed by atoms with E-state index in [1.165, 1.54) is 11.1 Å². The molecule has 0 aromatic heterocycles. The standard InChI is InChI=1S/C17H14N2O/c20-16-10-18-9-13-7-4-8-14-15(11-19(16)17(13)14)12-5-2-1-3-6-12/h1-9,15H,10-11H2. The van der Waals surface area contributed by atoms with E-state index in [9.17, 15) is 4.79 Å². The minimum absolute atomic E-state index is 0.0888. The summed E-state index contributed by atoms with van der Waals surface area (Å²) in [7, 11) is 0. The van der Waals surface area contributed by atoms with Crippen molar-refractivity contribution in [2.75, 3.05) is 18.0 Å². The molecule has 3 heteroatoms. The van der Waals surface area contributed by atoms with Gasteiger partial charge in [0.25, 0.3) is 0 Å². The van der Waals surface area contributed by atoms with Crippen molar-refractivity contribution in [1.82, 2.24) is 0 Å². The second kappa shape index (κ2) is 4.30. The first-order valence-corrected chi connectivity index (χ1v) is 6.82. The fraction of sp³-hybridized carbons (Fsp3) is 0.176. The lowest BCUT2D eigenvalue weighted by atomic mass is 9.92. The van der Waals surface area contributed by atoms with Crippen LogP contribution in [0.2, 0.25) is 0 Å². The number of aliphatic imine (C=N–C) groups is 1. The summed E-state index contributed by atoms with van der Waals surface area (Å²) >= 11 is 0. The molecule has 2 heterocycles. The molecule has 20 heavy (non-hydrogen) atoms. The third kappa shape index (κ3) is 1.59. The second-order valence-corrected chi connectivity index (χ2v) is 5.22. The number of benzene rings is 2. The van der Waals surface area contributed by atoms with Crippen molar-refractivity contribution < 1.29 is 4.79 Å². The first-order chi connectivity index (χ1) is 9.84. The highest BCUT2D eigenvalue weighted by atomic mass is 16.2. The van der Waals surface area contributed by atoms with E-state index in [2.05, 4.69) is 41.4 Å². The van der Waals surface area contributed by atoms with E-state index >= 15 is 0 Å². The molecule has 0 bridgehead atoms. The van der Waals surface area contributed by atoms with Crippen LogP contribution in [0.5, 0.6) is 0 Å². The second-order valence-electron chi connectivity index (χ2n) is 5.22. The number of hydrogen-bond acceptors (Lipinski definition) is 2. The predicted octanol–water partition coefficient (Wildman–Crippen LogP) is 2.60. The summed E-state index contributed by atoms with van der Waals surface area (Å²) in [6, 6.07) is 16.6. The highest BCUT2D eigenvalue weighted by Crippen LogP contribution is 2.42. The van der Waals surface area contributed by atoms with Gasteiger partial charge in [-0.3, -0.25) is 9.79 Å². The number of carbonyl (C=O) groups is 1. The number of nitrogens with zero attached hydrogens (tertiary/aromatic N) is 2. The van der Waals surface area contributed by atoms with Gasteiger partial charge in [0.2, 0.25) is 5.91 Å². The number of hydrogen-bond donors (Lipinski definition) is 0. The van der Waals surface area contributed by atoms with E-state index in [0.29, 0.717) is 0 Å². The Morgan fingerprint density at radius 1 is 1.05 bits per heavy atom. The number of anilines is 1. The van der Waals surface area contributed by atoms with Gasteiger partial charge >= 0.3 is 0 Å². The largest absolute Gasteiger partial charge is 0.309 e. The van der Waals surface area contributed by atoms with Crippen LogP contribution in [0.1, 0.15) is 22.6 Å². The van der Waals surface area contributed by atoms with Crippen molar-refractivity contribution in [2.24, 2.45) is 4.99 Å². The summed E-state index contributed by atoms with van der Waals surface area (Å²) in [5.74, 6) is 0.354. The highest BCUT2D eigenvalue weighted by Gasteiger charge is 2.35. The van der Waals surface area contributed by atoms with E-state index < -0.39 is 0 Å². The zero-order valence-corrected chi connectivity index (χ0v) is 11.0. The summed E-state index contributed by atoms with van der Waals surface area (Å²) in [4.78, 5) is 18.3. The van der Waals surface area contributed by atoms with Crippen LogP contribution in [-0.4, -0.2) is 25.2 Å². The molecular formula is C17H14N2O. The average Bonchev–Trinajstić information content (AvgIpc) is 2.80. The molecule has 0 aliphatic carbocycles. The third-order valence-electron chi connectivity index (χ3n) is 4.07. The fourth-order valence-corrected chi connectivity index (χ4v) is 3.15. The smallest absolute Gasteiger partial charge is 0.248 e. The maximum Gasteiger partial charge on any atom is 0.248 e. The average molecular weight is 262 g/mol. The van der Waals surface area contributed by atoms with Gasteiger partial charge in [-0.25, -0.2) is 0 Å². The lowest BCUT2D eigenvalue weighted by molar-refractivity contribution is -0.117. The monoisotopic (exact) mass is 262 g/mol. The van der Waals surface area contributed by atoms with E-state index in [1.54, 1.807) is 0 Å². The molecule has 0 spiro atoms. The van der Waals surface area contributed by atoms with Crippen molar-refractivity contribution in [2.45, 2.75) is 5.92 Å². The molecule has 0 saturated carbocycles. The van der Waals surface area contributed by atoms with Gasteiger partial charge in [0.1, 0.15) is 6.54 Å². The molecule has 0 saturated heterocycles. The summed E-state index contributed by atoms with van der Waals surface area (Å²) in [6.07, 6.45) is 1.82. The maximum atomic E-state index is 12.2. The molecule has 0 N–H and O–H groups in total. The molecular weight excluding hydrogens is 248 g/mol. The van der Waals surface area contributed by atoms with Gasteiger partial charge in [0.05, 0.1) is 5.69 Å². The van der Waals surface area contributed by atoms with Crippen LogP contribution in [0.4, 0.5) is 5.69 Å². The Morgan fingerprint density at radius 3 is 2.75 bits per heavy atom. The topological polar surface area (TPSA) is 32.7 Å². The van der Waals surface area contributed by atoms with Gasteiger partial charge in [-0.1, -0.05) is 48.5 Å². The zero-order valence-electron chi connectivity index (χ0n) is 11.0. The lowest BCUT2D eigenvalue weighted by Gasteiger charge is -2.16. The van der Waals surface area contributed by atoms with Crippen molar-refractivity contribution in [3.8, 4) is 0 Å². The summed E-state index contributed by atoms with van der Waals surface area (Å²) in [5.41, 5.74) is 4.59. The van der Waals surface area contributed by atoms with Gasteiger partial charge < -0.3 is 4.90 Å². The van der Waals surface area contributed by atoms with E-state index in [-0.39, 0.29) is 18.4 Å². The van der Waals surface area contributed by atoms with Gasteiger partial charge in [0, 0.05) is 24.2 Å². The molecule has 2 aromatic carbocycles. The van der Waals surface area contributed by atoms with Crippen molar-refractivity contribution in [1.29, 1.82) is 0 Å². The molecule has 0 fully saturated rings. The molecule has 98 valence electrons. The molecule has 4 rings (SSSR count). The molecule has 0 radical (unpaired) electrons. The van der Waals surface area contributed by atoms with Gasteiger partial charge in [-0.2, -0.15) is 0 Å². The number of amides is 1. The molecule has 2 aromatic rings. The summed E-state index contributed by atoms with van der Waals surface area (Å²) in [6.45, 7) is 0.966. The van der Waals surface area contributed by atoms with Crippen molar-refractivity contribution in [3.63, 3.8) is 0 Å². The van der Waals surface area contributed by atoms with Gasteiger partial charge in [-0.15, -0.1) is 0 Å². The number of para-hydroxylation sites is 1. The van der Waals surface area contributed by atoms with E-state index in [1.807, 2.05) is 23.2 Å². The van der Waals surface area contributed by atoms with Crippen LogP contribution in [0.3, 0.4) is 0 Å². The Hall–Kier alpha value is -2.42. The fourth-order valence-electron chi connectivity index (χ4n) is 3.15. The molecule has 2 aliphatic rings. The Bertz CT molecular complexity index is 706. The number of rotatable bonds is 1. The molecule has 1 unspecified atom stereocenters. The molecule has 1 amide bonds. The lowest BCUT2D eigenvalue weighted by Crippen LogP contribution is -2.31. The molecule has 1 atom stereocenters. The first-order valence-electron chi connectivity index (χ1n) is 6.82.